The fraction of sp³-hybridized carbons (Fsp3) is 0.250. The van der Waals surface area contributed by atoms with Gasteiger partial charge >= 0.3 is 0 Å². The highest BCUT2D eigenvalue weighted by Gasteiger charge is 1.89. The maximum Gasteiger partial charge on any atom is 0.113 e. The van der Waals surface area contributed by atoms with Gasteiger partial charge in [-0.1, -0.05) is 0 Å². The summed E-state index contributed by atoms with van der Waals surface area (Å²) in [4.78, 5) is 1.23. The molecule has 0 atom stereocenters. The molecule has 0 saturated carbocycles. The lowest BCUT2D eigenvalue weighted by Crippen LogP contribution is -1.98. The van der Waals surface area contributed by atoms with Crippen LogP contribution in [0.5, 0.6) is 0 Å². The van der Waals surface area contributed by atoms with Crippen molar-refractivity contribution in [2.24, 2.45) is 0 Å². The molecule has 0 aliphatic heterocycles. The van der Waals surface area contributed by atoms with Crippen LogP contribution in [0.3, 0.4) is 0 Å². The van der Waals surface area contributed by atoms with Crippen LogP contribution >= 0.6 is 11.8 Å². The van der Waals surface area contributed by atoms with Gasteiger partial charge in [0.05, 0.1) is 0 Å². The van der Waals surface area contributed by atoms with Crippen molar-refractivity contribution < 1.29 is 5.11 Å². The third-order valence-electron chi connectivity index (χ3n) is 1.37. The maximum atomic E-state index is 8.53. The Bertz CT molecular complexity index is 210. The summed E-state index contributed by atoms with van der Waals surface area (Å²) in [6.45, 7) is -0.0153. The molecule has 0 aromatic heterocycles. The SMILES string of the molecule is CSc1ccc(NCO)cc1. The highest BCUT2D eigenvalue weighted by atomic mass is 32.2. The number of anilines is 1. The van der Waals surface area contributed by atoms with E-state index in [9.17, 15) is 0 Å². The summed E-state index contributed by atoms with van der Waals surface area (Å²) in [5.41, 5.74) is 0.949. The maximum absolute atomic E-state index is 8.53. The summed E-state index contributed by atoms with van der Waals surface area (Å²) >= 11 is 1.71. The quantitative estimate of drug-likeness (QED) is 0.534. The van der Waals surface area contributed by atoms with Gasteiger partial charge in [-0.25, -0.2) is 0 Å². The second kappa shape index (κ2) is 4.26. The van der Waals surface area contributed by atoms with Gasteiger partial charge in [0.25, 0.3) is 0 Å². The van der Waals surface area contributed by atoms with Crippen molar-refractivity contribution in [3.8, 4) is 0 Å². The number of rotatable bonds is 3. The highest BCUT2D eigenvalue weighted by molar-refractivity contribution is 7.98. The monoisotopic (exact) mass is 169 g/mol. The predicted molar refractivity (Wildman–Crippen MR) is 48.9 cm³/mol. The zero-order chi connectivity index (χ0) is 8.10. The van der Waals surface area contributed by atoms with Crippen molar-refractivity contribution >= 4 is 17.4 Å². The van der Waals surface area contributed by atoms with Crippen LogP contribution in [0.1, 0.15) is 0 Å². The van der Waals surface area contributed by atoms with E-state index in [1.807, 2.05) is 30.5 Å². The van der Waals surface area contributed by atoms with Crippen molar-refractivity contribution in [2.75, 3.05) is 18.3 Å². The molecule has 2 N–H and O–H groups in total. The van der Waals surface area contributed by atoms with E-state index in [2.05, 4.69) is 5.32 Å². The largest absolute Gasteiger partial charge is 0.377 e. The standard InChI is InChI=1S/C8H11NOS/c1-11-8-4-2-7(3-5-8)9-6-10/h2-5,9-10H,6H2,1H3. The minimum Gasteiger partial charge on any atom is -0.377 e. The van der Waals surface area contributed by atoms with Crippen LogP contribution < -0.4 is 5.32 Å². The highest BCUT2D eigenvalue weighted by Crippen LogP contribution is 2.16. The van der Waals surface area contributed by atoms with Crippen molar-refractivity contribution in [3.05, 3.63) is 24.3 Å². The van der Waals surface area contributed by atoms with Crippen LogP contribution in [-0.4, -0.2) is 18.1 Å². The van der Waals surface area contributed by atoms with E-state index in [4.69, 9.17) is 5.11 Å². The zero-order valence-electron chi connectivity index (χ0n) is 6.37. The Balaban J connectivity index is 2.66. The third-order valence-corrected chi connectivity index (χ3v) is 2.12. The van der Waals surface area contributed by atoms with Gasteiger partial charge in [0, 0.05) is 10.6 Å². The zero-order valence-corrected chi connectivity index (χ0v) is 7.19. The second-order valence-corrected chi connectivity index (χ2v) is 2.94. The number of aliphatic hydroxyl groups excluding tert-OH is 1. The number of hydrogen-bond acceptors (Lipinski definition) is 3. The van der Waals surface area contributed by atoms with Crippen molar-refractivity contribution in [1.82, 2.24) is 0 Å². The molecule has 1 rings (SSSR count). The van der Waals surface area contributed by atoms with Crippen LogP contribution in [0.4, 0.5) is 5.69 Å². The lowest BCUT2D eigenvalue weighted by molar-refractivity contribution is 0.325. The molecule has 3 heteroatoms. The number of thioether (sulfide) groups is 1. The van der Waals surface area contributed by atoms with E-state index >= 15 is 0 Å². The van der Waals surface area contributed by atoms with Gasteiger partial charge in [-0.2, -0.15) is 0 Å². The smallest absolute Gasteiger partial charge is 0.113 e. The van der Waals surface area contributed by atoms with Crippen molar-refractivity contribution in [3.63, 3.8) is 0 Å². The molecule has 0 aliphatic rings. The summed E-state index contributed by atoms with van der Waals surface area (Å²) in [7, 11) is 0. The van der Waals surface area contributed by atoms with Gasteiger partial charge in [0.1, 0.15) is 6.73 Å². The molecule has 0 aliphatic carbocycles. The summed E-state index contributed by atoms with van der Waals surface area (Å²) < 4.78 is 0. The molecule has 0 heterocycles. The fourth-order valence-corrected chi connectivity index (χ4v) is 1.21. The van der Waals surface area contributed by atoms with Crippen LogP contribution in [-0.2, 0) is 0 Å². The van der Waals surface area contributed by atoms with Crippen molar-refractivity contribution in [2.45, 2.75) is 4.90 Å². The van der Waals surface area contributed by atoms with Gasteiger partial charge in [-0.15, -0.1) is 11.8 Å². The molecular weight excluding hydrogens is 158 g/mol. The van der Waals surface area contributed by atoms with Gasteiger partial charge < -0.3 is 10.4 Å². The van der Waals surface area contributed by atoms with E-state index in [1.165, 1.54) is 4.90 Å². The normalized spacial score (nSPS) is 9.64. The summed E-state index contributed by atoms with van der Waals surface area (Å²) in [5, 5.41) is 11.3. The minimum atomic E-state index is -0.0153. The predicted octanol–water partition coefficient (Wildman–Crippen LogP) is 1.77. The Labute approximate surface area is 70.6 Å². The fourth-order valence-electron chi connectivity index (χ4n) is 0.800. The molecular formula is C8H11NOS. The topological polar surface area (TPSA) is 32.3 Å². The Morgan fingerprint density at radius 2 is 2.00 bits per heavy atom. The Hall–Kier alpha value is -0.670. The van der Waals surface area contributed by atoms with Gasteiger partial charge in [-0.05, 0) is 30.5 Å². The molecule has 11 heavy (non-hydrogen) atoms. The van der Waals surface area contributed by atoms with E-state index in [1.54, 1.807) is 11.8 Å². The molecule has 0 unspecified atom stereocenters. The number of benzene rings is 1. The first kappa shape index (κ1) is 8.43. The number of nitrogens with one attached hydrogen (secondary N) is 1. The molecule has 1 aromatic carbocycles. The van der Waals surface area contributed by atoms with E-state index in [-0.39, 0.29) is 6.73 Å². The second-order valence-electron chi connectivity index (χ2n) is 2.06. The van der Waals surface area contributed by atoms with Crippen LogP contribution in [0.25, 0.3) is 0 Å². The van der Waals surface area contributed by atoms with E-state index in [0.717, 1.165) is 5.69 Å². The van der Waals surface area contributed by atoms with E-state index in [0.29, 0.717) is 0 Å². The molecule has 1 aromatic rings. The average Bonchev–Trinajstić information content (AvgIpc) is 2.07. The van der Waals surface area contributed by atoms with Gasteiger partial charge in [0.2, 0.25) is 0 Å². The Morgan fingerprint density at radius 3 is 2.45 bits per heavy atom. The summed E-state index contributed by atoms with van der Waals surface area (Å²) in [6.07, 6.45) is 2.04. The molecule has 60 valence electrons. The molecule has 0 radical (unpaired) electrons. The number of aliphatic hydroxyl groups is 1. The average molecular weight is 169 g/mol. The molecule has 0 saturated heterocycles. The van der Waals surface area contributed by atoms with Crippen LogP contribution in [0.2, 0.25) is 0 Å². The lowest BCUT2D eigenvalue weighted by atomic mass is 10.3. The first-order chi connectivity index (χ1) is 5.36. The third kappa shape index (κ3) is 2.44. The molecule has 0 spiro atoms. The van der Waals surface area contributed by atoms with Crippen LogP contribution in [0.15, 0.2) is 29.2 Å². The lowest BCUT2D eigenvalue weighted by Gasteiger charge is -2.02. The molecule has 0 amide bonds. The molecule has 0 bridgehead atoms. The first-order valence-corrected chi connectivity index (χ1v) is 4.58. The number of hydrogen-bond donors (Lipinski definition) is 2. The van der Waals surface area contributed by atoms with Gasteiger partial charge in [0.15, 0.2) is 0 Å². The Kier molecular flexibility index (Phi) is 3.26. The summed E-state index contributed by atoms with van der Waals surface area (Å²) in [5.74, 6) is 0. The summed E-state index contributed by atoms with van der Waals surface area (Å²) in [6, 6.07) is 7.93. The molecule has 2 nitrogen and oxygen atoms in total. The first-order valence-electron chi connectivity index (χ1n) is 3.35. The van der Waals surface area contributed by atoms with Crippen molar-refractivity contribution in [1.29, 1.82) is 0 Å². The van der Waals surface area contributed by atoms with Gasteiger partial charge in [-0.3, -0.25) is 0 Å². The van der Waals surface area contributed by atoms with Crippen LogP contribution in [0, 0.1) is 0 Å². The molecule has 0 fully saturated rings. The van der Waals surface area contributed by atoms with E-state index < -0.39 is 0 Å². The Morgan fingerprint density at radius 1 is 1.36 bits per heavy atom. The minimum absolute atomic E-state index is 0.0153.